The van der Waals surface area contributed by atoms with Gasteiger partial charge >= 0.3 is 0 Å². The molecule has 0 spiro atoms. The minimum atomic E-state index is 0.112. The number of nitrogens with zero attached hydrogens (tertiary/aromatic N) is 3. The fourth-order valence-electron chi connectivity index (χ4n) is 1.77. The van der Waals surface area contributed by atoms with Crippen LogP contribution in [0.15, 0.2) is 39.3 Å². The number of hydrogen-bond acceptors (Lipinski definition) is 4. The molecule has 1 heterocycles. The van der Waals surface area contributed by atoms with E-state index in [1.165, 1.54) is 0 Å². The van der Waals surface area contributed by atoms with E-state index in [0.29, 0.717) is 0 Å². The second kappa shape index (κ2) is 5.36. The maximum atomic E-state index is 8.84. The van der Waals surface area contributed by atoms with Crippen LogP contribution in [0.2, 0.25) is 0 Å². The third-order valence-corrected chi connectivity index (χ3v) is 3.84. The Hall–Kier alpha value is -1.95. The molecule has 0 aliphatic rings. The van der Waals surface area contributed by atoms with Crippen molar-refractivity contribution in [3.8, 4) is 0 Å². The lowest BCUT2D eigenvalue weighted by atomic mass is 10.1. The smallest absolute Gasteiger partial charge is 0.171 e. The van der Waals surface area contributed by atoms with Crippen LogP contribution < -0.4 is 5.73 Å². The monoisotopic (exact) mass is 276 g/mol. The van der Waals surface area contributed by atoms with Crippen LogP contribution in [0, 0.1) is 13.8 Å². The largest absolute Gasteiger partial charge is 0.409 e. The summed E-state index contributed by atoms with van der Waals surface area (Å²) in [7, 11) is 1.90. The zero-order chi connectivity index (χ0) is 14.0. The van der Waals surface area contributed by atoms with Crippen molar-refractivity contribution in [3.63, 3.8) is 0 Å². The van der Waals surface area contributed by atoms with E-state index < -0.39 is 0 Å². The highest BCUT2D eigenvalue weighted by atomic mass is 32.2. The van der Waals surface area contributed by atoms with Crippen molar-refractivity contribution < 1.29 is 5.21 Å². The molecule has 1 aromatic carbocycles. The van der Waals surface area contributed by atoms with E-state index >= 15 is 0 Å². The Labute approximate surface area is 116 Å². The van der Waals surface area contributed by atoms with E-state index in [1.54, 1.807) is 11.8 Å². The summed E-state index contributed by atoms with van der Waals surface area (Å²) in [5.74, 6) is 0.112. The minimum absolute atomic E-state index is 0.112. The van der Waals surface area contributed by atoms with Crippen LogP contribution in [-0.2, 0) is 7.05 Å². The molecule has 0 saturated carbocycles. The van der Waals surface area contributed by atoms with Crippen LogP contribution in [0.4, 0.5) is 0 Å². The van der Waals surface area contributed by atoms with Gasteiger partial charge in [0.15, 0.2) is 5.84 Å². The molecule has 100 valence electrons. The van der Waals surface area contributed by atoms with Crippen molar-refractivity contribution in [2.45, 2.75) is 23.8 Å². The first-order valence-corrected chi connectivity index (χ1v) is 6.60. The summed E-state index contributed by atoms with van der Waals surface area (Å²) >= 11 is 1.55. The van der Waals surface area contributed by atoms with E-state index in [9.17, 15) is 0 Å². The molecule has 3 N–H and O–H groups in total. The molecule has 0 unspecified atom stereocenters. The number of nitrogens with two attached hydrogens (primary N) is 1. The second-order valence-corrected chi connectivity index (χ2v) is 5.40. The van der Waals surface area contributed by atoms with Gasteiger partial charge in [0.1, 0.15) is 0 Å². The summed E-state index contributed by atoms with van der Waals surface area (Å²) in [5.41, 5.74) is 8.51. The topological polar surface area (TPSA) is 76.4 Å². The first-order chi connectivity index (χ1) is 9.01. The number of rotatable bonds is 3. The molecule has 0 aliphatic carbocycles. The number of benzene rings is 1. The molecule has 0 radical (unpaired) electrons. The van der Waals surface area contributed by atoms with Gasteiger partial charge in [0, 0.05) is 17.5 Å². The molecule has 0 fully saturated rings. The summed E-state index contributed by atoms with van der Waals surface area (Å²) in [6, 6.07) is 7.81. The summed E-state index contributed by atoms with van der Waals surface area (Å²) < 4.78 is 1.82. The van der Waals surface area contributed by atoms with Crippen LogP contribution in [0.25, 0.3) is 0 Å². The third kappa shape index (κ3) is 2.90. The summed E-state index contributed by atoms with van der Waals surface area (Å²) in [6.07, 6.45) is 0. The SMILES string of the molecule is Cc1ccc(C(N)=NO)c(Sc2cc(C)nn2C)c1. The van der Waals surface area contributed by atoms with E-state index in [2.05, 4.69) is 10.3 Å². The Morgan fingerprint density at radius 2 is 2.11 bits per heavy atom. The fraction of sp³-hybridized carbons (Fsp3) is 0.231. The van der Waals surface area contributed by atoms with Crippen molar-refractivity contribution in [1.82, 2.24) is 9.78 Å². The number of oxime groups is 1. The zero-order valence-electron chi connectivity index (χ0n) is 11.1. The Bertz CT molecular complexity index is 634. The highest BCUT2D eigenvalue weighted by molar-refractivity contribution is 7.99. The van der Waals surface area contributed by atoms with Crippen molar-refractivity contribution in [2.75, 3.05) is 0 Å². The van der Waals surface area contributed by atoms with Gasteiger partial charge in [0.25, 0.3) is 0 Å². The van der Waals surface area contributed by atoms with E-state index in [0.717, 1.165) is 26.7 Å². The number of amidine groups is 1. The summed E-state index contributed by atoms with van der Waals surface area (Å²) in [4.78, 5) is 0.943. The average Bonchev–Trinajstić information content (AvgIpc) is 2.67. The fourth-order valence-corrected chi connectivity index (χ4v) is 2.93. The Balaban J connectivity index is 2.44. The lowest BCUT2D eigenvalue weighted by Crippen LogP contribution is -2.14. The van der Waals surface area contributed by atoms with Crippen molar-refractivity contribution >= 4 is 17.6 Å². The highest BCUT2D eigenvalue weighted by Crippen LogP contribution is 2.31. The maximum absolute atomic E-state index is 8.84. The molecular weight excluding hydrogens is 260 g/mol. The average molecular weight is 276 g/mol. The summed E-state index contributed by atoms with van der Waals surface area (Å²) in [6.45, 7) is 3.96. The van der Waals surface area contributed by atoms with E-state index in [1.807, 2.05) is 49.8 Å². The predicted molar refractivity (Wildman–Crippen MR) is 75.8 cm³/mol. The molecule has 0 saturated heterocycles. The molecule has 19 heavy (non-hydrogen) atoms. The van der Waals surface area contributed by atoms with Crippen molar-refractivity contribution in [2.24, 2.45) is 17.9 Å². The maximum Gasteiger partial charge on any atom is 0.171 e. The molecule has 1 aromatic heterocycles. The molecule has 2 aromatic rings. The predicted octanol–water partition coefficient (Wildman–Crippen LogP) is 2.28. The first-order valence-electron chi connectivity index (χ1n) is 5.78. The van der Waals surface area contributed by atoms with Crippen LogP contribution in [-0.4, -0.2) is 20.8 Å². The third-order valence-electron chi connectivity index (χ3n) is 2.69. The van der Waals surface area contributed by atoms with Gasteiger partial charge in [-0.1, -0.05) is 23.0 Å². The molecule has 5 nitrogen and oxygen atoms in total. The second-order valence-electron chi connectivity index (χ2n) is 4.33. The molecule has 2 rings (SSSR count). The summed E-state index contributed by atoms with van der Waals surface area (Å²) in [5, 5.41) is 17.2. The van der Waals surface area contributed by atoms with Gasteiger partial charge in [-0.15, -0.1) is 0 Å². The van der Waals surface area contributed by atoms with Gasteiger partial charge < -0.3 is 10.9 Å². The molecule has 0 bridgehead atoms. The zero-order valence-corrected chi connectivity index (χ0v) is 11.9. The van der Waals surface area contributed by atoms with Gasteiger partial charge in [-0.05, 0) is 37.6 Å². The van der Waals surface area contributed by atoms with Gasteiger partial charge in [-0.2, -0.15) is 5.10 Å². The number of aromatic nitrogens is 2. The standard InChI is InChI=1S/C13H16N4OS/c1-8-4-5-10(13(14)16-18)11(6-8)19-12-7-9(2)15-17(12)3/h4-7,18H,1-3H3,(H2,14,16). The highest BCUT2D eigenvalue weighted by Gasteiger charge is 2.11. The van der Waals surface area contributed by atoms with Gasteiger partial charge in [0.05, 0.1) is 10.7 Å². The van der Waals surface area contributed by atoms with Crippen molar-refractivity contribution in [3.05, 3.63) is 41.1 Å². The quantitative estimate of drug-likeness (QED) is 0.390. The lowest BCUT2D eigenvalue weighted by molar-refractivity contribution is 0.318. The minimum Gasteiger partial charge on any atom is -0.409 e. The van der Waals surface area contributed by atoms with Gasteiger partial charge in [0.2, 0.25) is 0 Å². The molecule has 0 aliphatic heterocycles. The van der Waals surface area contributed by atoms with Gasteiger partial charge in [-0.25, -0.2) is 0 Å². The van der Waals surface area contributed by atoms with Crippen LogP contribution >= 0.6 is 11.8 Å². The van der Waals surface area contributed by atoms with Crippen LogP contribution in [0.3, 0.4) is 0 Å². The molecule has 6 heteroatoms. The van der Waals surface area contributed by atoms with Crippen molar-refractivity contribution in [1.29, 1.82) is 0 Å². The van der Waals surface area contributed by atoms with E-state index in [4.69, 9.17) is 10.9 Å². The molecule has 0 amide bonds. The Morgan fingerprint density at radius 1 is 1.37 bits per heavy atom. The molecular formula is C13H16N4OS. The van der Waals surface area contributed by atoms with Crippen LogP contribution in [0.1, 0.15) is 16.8 Å². The van der Waals surface area contributed by atoms with Gasteiger partial charge in [-0.3, -0.25) is 4.68 Å². The Kier molecular flexibility index (Phi) is 3.80. The Morgan fingerprint density at radius 3 is 2.68 bits per heavy atom. The number of hydrogen-bond donors (Lipinski definition) is 2. The first kappa shape index (κ1) is 13.5. The van der Waals surface area contributed by atoms with Crippen LogP contribution in [0.5, 0.6) is 0 Å². The molecule has 0 atom stereocenters. The number of aryl methyl sites for hydroxylation is 3. The van der Waals surface area contributed by atoms with E-state index in [-0.39, 0.29) is 5.84 Å². The lowest BCUT2D eigenvalue weighted by Gasteiger charge is -2.09. The normalized spacial score (nSPS) is 11.8.